The molecule has 0 saturated heterocycles. The van der Waals surface area contributed by atoms with Gasteiger partial charge >= 0.3 is 0 Å². The van der Waals surface area contributed by atoms with Crippen molar-refractivity contribution in [3.63, 3.8) is 0 Å². The first-order chi connectivity index (χ1) is 28.3. The van der Waals surface area contributed by atoms with Crippen molar-refractivity contribution in [3.8, 4) is 44.8 Å². The van der Waals surface area contributed by atoms with E-state index >= 15 is 0 Å². The van der Waals surface area contributed by atoms with E-state index in [9.17, 15) is 0 Å². The number of aromatic nitrogens is 2. The second kappa shape index (κ2) is 12.7. The molecule has 0 radical (unpaired) electrons. The lowest BCUT2D eigenvalue weighted by Gasteiger charge is -2.13. The Labute approximate surface area is 333 Å². The molecule has 0 aliphatic rings. The van der Waals surface area contributed by atoms with Crippen molar-refractivity contribution in [2.24, 2.45) is 0 Å². The van der Waals surface area contributed by atoms with Crippen molar-refractivity contribution in [2.75, 3.05) is 0 Å². The van der Waals surface area contributed by atoms with Crippen LogP contribution in [0.3, 0.4) is 0 Å². The van der Waals surface area contributed by atoms with Gasteiger partial charge in [-0.3, -0.25) is 0 Å². The average Bonchev–Trinajstić information content (AvgIpc) is 3.95. The third-order valence-corrected chi connectivity index (χ3v) is 12.9. The van der Waals surface area contributed by atoms with Crippen LogP contribution in [0.1, 0.15) is 0 Å². The monoisotopic (exact) mass is 742 g/mol. The molecule has 0 spiro atoms. The lowest BCUT2D eigenvalue weighted by Crippen LogP contribution is -1.95. The van der Waals surface area contributed by atoms with Gasteiger partial charge in [0.05, 0.1) is 27.8 Å². The van der Waals surface area contributed by atoms with Crippen molar-refractivity contribution in [2.45, 2.75) is 0 Å². The number of hydrogen-bond donors (Lipinski definition) is 0. The van der Waals surface area contributed by atoms with Crippen molar-refractivity contribution in [1.82, 2.24) is 9.13 Å². The van der Waals surface area contributed by atoms with E-state index in [-0.39, 0.29) is 0 Å². The predicted molar refractivity (Wildman–Crippen MR) is 244 cm³/mol. The summed E-state index contributed by atoms with van der Waals surface area (Å²) in [5.41, 5.74) is 14.6. The Kier molecular flexibility index (Phi) is 7.13. The van der Waals surface area contributed by atoms with E-state index < -0.39 is 0 Å². The van der Waals surface area contributed by atoms with Gasteiger partial charge < -0.3 is 9.13 Å². The third kappa shape index (κ3) is 4.96. The van der Waals surface area contributed by atoms with E-state index in [1.54, 1.807) is 0 Å². The van der Waals surface area contributed by atoms with Gasteiger partial charge in [-0.1, -0.05) is 146 Å². The Morgan fingerprint density at radius 3 is 1.49 bits per heavy atom. The molecule has 0 atom stereocenters. The van der Waals surface area contributed by atoms with Crippen LogP contribution in [0, 0.1) is 0 Å². The van der Waals surface area contributed by atoms with Gasteiger partial charge in [0.2, 0.25) is 0 Å². The van der Waals surface area contributed by atoms with Gasteiger partial charge in [-0.25, -0.2) is 0 Å². The number of benzene rings is 9. The van der Waals surface area contributed by atoms with Crippen LogP contribution in [0.25, 0.3) is 109 Å². The van der Waals surface area contributed by atoms with Gasteiger partial charge in [0, 0.05) is 47.4 Å². The van der Waals surface area contributed by atoms with Crippen molar-refractivity contribution >= 4 is 75.1 Å². The highest BCUT2D eigenvalue weighted by molar-refractivity contribution is 7.26. The fourth-order valence-electron chi connectivity index (χ4n) is 9.12. The minimum absolute atomic E-state index is 1.17. The van der Waals surface area contributed by atoms with Crippen molar-refractivity contribution < 1.29 is 0 Å². The summed E-state index contributed by atoms with van der Waals surface area (Å²) < 4.78 is 7.49. The first-order valence-electron chi connectivity index (χ1n) is 19.5. The Morgan fingerprint density at radius 1 is 0.316 bits per heavy atom. The van der Waals surface area contributed by atoms with Gasteiger partial charge in [-0.05, 0) is 94.0 Å². The highest BCUT2D eigenvalue weighted by atomic mass is 32.1. The smallest absolute Gasteiger partial charge is 0.0555 e. The number of hydrogen-bond acceptors (Lipinski definition) is 1. The maximum absolute atomic E-state index is 2.49. The molecule has 266 valence electrons. The van der Waals surface area contributed by atoms with Gasteiger partial charge in [0.15, 0.2) is 0 Å². The first kappa shape index (κ1) is 32.1. The van der Waals surface area contributed by atoms with E-state index in [0.29, 0.717) is 0 Å². The number of thiophene rings is 1. The number of nitrogens with zero attached hydrogens (tertiary/aromatic N) is 2. The molecule has 0 bridgehead atoms. The second-order valence-electron chi connectivity index (χ2n) is 14.9. The predicted octanol–water partition coefficient (Wildman–Crippen LogP) is 15.2. The van der Waals surface area contributed by atoms with Gasteiger partial charge in [0.25, 0.3) is 0 Å². The van der Waals surface area contributed by atoms with Gasteiger partial charge in [-0.15, -0.1) is 11.3 Å². The zero-order valence-electron chi connectivity index (χ0n) is 30.9. The number of rotatable bonds is 5. The number of fused-ring (bicyclic) bond motifs is 9. The standard InChI is InChI=1S/C54H34N2S/c1-3-13-35(14-4-1)36-23-25-37(26-24-36)41-29-32-51(53-44-19-9-12-22-52(44)57-54(41)53)56-48-21-11-8-18-43(48)46-34-39(28-31-50(46)56)38-27-30-49-45(33-38)42-17-7-10-20-47(42)55(49)40-15-5-2-6-16-40/h1-34H. The summed E-state index contributed by atoms with van der Waals surface area (Å²) in [7, 11) is 0. The first-order valence-corrected chi connectivity index (χ1v) is 20.3. The van der Waals surface area contributed by atoms with E-state index in [2.05, 4.69) is 215 Å². The lowest BCUT2D eigenvalue weighted by atomic mass is 9.98. The Morgan fingerprint density at radius 2 is 0.807 bits per heavy atom. The molecule has 0 aliphatic heterocycles. The molecule has 0 N–H and O–H groups in total. The quantitative estimate of drug-likeness (QED) is 0.166. The van der Waals surface area contributed by atoms with Crippen LogP contribution in [0.4, 0.5) is 0 Å². The summed E-state index contributed by atoms with van der Waals surface area (Å²) in [6, 6.07) is 75.5. The minimum Gasteiger partial charge on any atom is -0.309 e. The molecule has 57 heavy (non-hydrogen) atoms. The molecule has 0 saturated carbocycles. The van der Waals surface area contributed by atoms with E-state index in [1.165, 1.54) is 109 Å². The van der Waals surface area contributed by atoms with Crippen LogP contribution in [0.2, 0.25) is 0 Å². The Balaban J connectivity index is 1.04. The molecular formula is C54H34N2S. The SMILES string of the molecule is c1ccc(-c2ccc(-c3ccc(-n4c5ccccc5c5cc(-c6ccc7c(c6)c6ccccc6n7-c6ccccc6)ccc54)c4c3sc3ccccc34)cc2)cc1. The van der Waals surface area contributed by atoms with Crippen LogP contribution >= 0.6 is 11.3 Å². The third-order valence-electron chi connectivity index (χ3n) is 11.7. The van der Waals surface area contributed by atoms with Crippen LogP contribution in [0.5, 0.6) is 0 Å². The highest BCUT2D eigenvalue weighted by Gasteiger charge is 2.20. The second-order valence-corrected chi connectivity index (χ2v) is 15.9. The molecule has 0 aliphatic carbocycles. The summed E-state index contributed by atoms with van der Waals surface area (Å²) in [6.45, 7) is 0. The summed E-state index contributed by atoms with van der Waals surface area (Å²) in [5.74, 6) is 0. The molecule has 9 aromatic carbocycles. The van der Waals surface area contributed by atoms with Crippen LogP contribution < -0.4 is 0 Å². The maximum atomic E-state index is 2.49. The fourth-order valence-corrected chi connectivity index (χ4v) is 10.4. The maximum Gasteiger partial charge on any atom is 0.0555 e. The molecule has 12 aromatic rings. The zero-order chi connectivity index (χ0) is 37.5. The minimum atomic E-state index is 1.17. The van der Waals surface area contributed by atoms with Crippen LogP contribution in [0.15, 0.2) is 206 Å². The molecule has 3 heteroatoms. The van der Waals surface area contributed by atoms with E-state index in [0.717, 1.165) is 0 Å². The highest BCUT2D eigenvalue weighted by Crippen LogP contribution is 2.46. The molecule has 3 heterocycles. The Hall–Kier alpha value is -7.20. The molecule has 0 amide bonds. The van der Waals surface area contributed by atoms with Crippen molar-refractivity contribution in [3.05, 3.63) is 206 Å². The molecule has 3 aromatic heterocycles. The number of para-hydroxylation sites is 3. The molecule has 0 unspecified atom stereocenters. The largest absolute Gasteiger partial charge is 0.309 e. The fraction of sp³-hybridized carbons (Fsp3) is 0. The van der Waals surface area contributed by atoms with Gasteiger partial charge in [-0.2, -0.15) is 0 Å². The molecular weight excluding hydrogens is 709 g/mol. The Bertz CT molecular complexity index is 3490. The van der Waals surface area contributed by atoms with Crippen LogP contribution in [-0.4, -0.2) is 9.13 Å². The van der Waals surface area contributed by atoms with E-state index in [1.807, 2.05) is 11.3 Å². The molecule has 2 nitrogen and oxygen atoms in total. The van der Waals surface area contributed by atoms with Crippen molar-refractivity contribution in [1.29, 1.82) is 0 Å². The topological polar surface area (TPSA) is 9.86 Å². The molecule has 12 rings (SSSR count). The summed E-state index contributed by atoms with van der Waals surface area (Å²) in [4.78, 5) is 0. The summed E-state index contributed by atoms with van der Waals surface area (Å²) in [5, 5.41) is 7.62. The summed E-state index contributed by atoms with van der Waals surface area (Å²) in [6.07, 6.45) is 0. The normalized spacial score (nSPS) is 11.9. The summed E-state index contributed by atoms with van der Waals surface area (Å²) >= 11 is 1.89. The van der Waals surface area contributed by atoms with E-state index in [4.69, 9.17) is 0 Å². The zero-order valence-corrected chi connectivity index (χ0v) is 31.7. The van der Waals surface area contributed by atoms with Crippen LogP contribution in [-0.2, 0) is 0 Å². The van der Waals surface area contributed by atoms with Gasteiger partial charge in [0.1, 0.15) is 0 Å². The lowest BCUT2D eigenvalue weighted by molar-refractivity contribution is 1.18. The average molecular weight is 743 g/mol. The molecule has 0 fully saturated rings.